The highest BCUT2D eigenvalue weighted by Gasteiger charge is 2.27. The maximum absolute atomic E-state index is 13.0. The van der Waals surface area contributed by atoms with Crippen LogP contribution in [0.1, 0.15) is 64.9 Å². The Balaban J connectivity index is 1.32. The molecule has 192 valence electrons. The fourth-order valence-electron chi connectivity index (χ4n) is 4.13. The Hall–Kier alpha value is -3.35. The van der Waals surface area contributed by atoms with Crippen LogP contribution in [0.5, 0.6) is 5.75 Å². The molecule has 0 radical (unpaired) electrons. The van der Waals surface area contributed by atoms with Gasteiger partial charge in [-0.1, -0.05) is 12.1 Å². The van der Waals surface area contributed by atoms with Gasteiger partial charge in [-0.25, -0.2) is 4.98 Å². The summed E-state index contributed by atoms with van der Waals surface area (Å²) in [7, 11) is 0. The zero-order chi connectivity index (χ0) is 26.2. The number of likely N-dealkylation sites (tertiary alicyclic amines) is 1. The van der Waals surface area contributed by atoms with Crippen LogP contribution in [-0.4, -0.2) is 46.6 Å². The van der Waals surface area contributed by atoms with Gasteiger partial charge in [-0.2, -0.15) is 5.26 Å². The number of ether oxygens (including phenoxy) is 1. The number of piperidine rings is 1. The first-order valence-corrected chi connectivity index (χ1v) is 14.2. The van der Waals surface area contributed by atoms with Crippen LogP contribution in [0, 0.1) is 11.3 Å². The van der Waals surface area contributed by atoms with Crippen LogP contribution >= 0.6 is 23.1 Å². The summed E-state index contributed by atoms with van der Waals surface area (Å²) in [6, 6.07) is 17.0. The number of nitrogens with zero attached hydrogens (tertiary/aromatic N) is 3. The van der Waals surface area contributed by atoms with Crippen molar-refractivity contribution >= 4 is 40.6 Å². The minimum Gasteiger partial charge on any atom is -0.491 e. The third kappa shape index (κ3) is 7.12. The summed E-state index contributed by atoms with van der Waals surface area (Å²) < 4.78 is 5.66. The largest absolute Gasteiger partial charge is 0.491 e. The number of thioether (sulfide) groups is 1. The lowest BCUT2D eigenvalue weighted by Gasteiger charge is -2.31. The Kier molecular flexibility index (Phi) is 9.20. The van der Waals surface area contributed by atoms with Crippen molar-refractivity contribution in [2.24, 2.45) is 0 Å². The normalized spacial score (nSPS) is 13.8. The number of carbonyl (C=O) groups is 2. The van der Waals surface area contributed by atoms with Gasteiger partial charge in [0.15, 0.2) is 0 Å². The van der Waals surface area contributed by atoms with E-state index in [1.54, 1.807) is 17.1 Å². The molecule has 2 amide bonds. The number of hydrogen-bond acceptors (Lipinski definition) is 7. The van der Waals surface area contributed by atoms with E-state index >= 15 is 0 Å². The van der Waals surface area contributed by atoms with Gasteiger partial charge in [-0.15, -0.1) is 23.1 Å². The van der Waals surface area contributed by atoms with Crippen LogP contribution in [0.25, 0.3) is 0 Å². The number of anilines is 1. The summed E-state index contributed by atoms with van der Waals surface area (Å²) in [6.07, 6.45) is 2.17. The Morgan fingerprint density at radius 1 is 1.19 bits per heavy atom. The minimum atomic E-state index is -0.242. The number of nitriles is 1. The lowest BCUT2D eigenvalue weighted by Crippen LogP contribution is -2.37. The fraction of sp³-hybridized carbons (Fsp3) is 0.357. The Labute approximate surface area is 225 Å². The molecule has 0 aliphatic carbocycles. The van der Waals surface area contributed by atoms with Gasteiger partial charge in [0.25, 0.3) is 11.8 Å². The number of hydrogen-bond donors (Lipinski definition) is 1. The van der Waals surface area contributed by atoms with E-state index in [9.17, 15) is 9.59 Å². The van der Waals surface area contributed by atoms with E-state index in [4.69, 9.17) is 10.00 Å². The Morgan fingerprint density at radius 3 is 2.62 bits per heavy atom. The van der Waals surface area contributed by atoms with Crippen molar-refractivity contribution in [3.63, 3.8) is 0 Å². The molecule has 0 saturated carbocycles. The van der Waals surface area contributed by atoms with Gasteiger partial charge >= 0.3 is 0 Å². The topological polar surface area (TPSA) is 95.3 Å². The van der Waals surface area contributed by atoms with Gasteiger partial charge in [-0.3, -0.25) is 9.59 Å². The summed E-state index contributed by atoms with van der Waals surface area (Å²) >= 11 is 3.04. The van der Waals surface area contributed by atoms with E-state index in [1.165, 1.54) is 11.3 Å². The van der Waals surface area contributed by atoms with E-state index < -0.39 is 0 Å². The summed E-state index contributed by atoms with van der Waals surface area (Å²) in [6.45, 7) is 5.25. The standard InChI is InChI=1S/C28H30N4O3S2/c1-19(2)35-22-10-8-21(9-11-22)28(34)32-15-12-20(13-16-32)27-31-24(18-37-27)26(33)30-23-6-3-4-7-25(23)36-17-5-14-29/h3-4,6-11,18-20H,5,12-13,15-17H2,1-2H3,(H,30,33). The molecule has 0 spiro atoms. The van der Waals surface area contributed by atoms with Gasteiger partial charge in [0.05, 0.1) is 22.9 Å². The Morgan fingerprint density at radius 2 is 1.92 bits per heavy atom. The lowest BCUT2D eigenvalue weighted by atomic mass is 9.97. The van der Waals surface area contributed by atoms with Crippen LogP contribution in [0.3, 0.4) is 0 Å². The number of benzene rings is 2. The molecule has 9 heteroatoms. The van der Waals surface area contributed by atoms with Crippen LogP contribution in [0.4, 0.5) is 5.69 Å². The molecular formula is C28H30N4O3S2. The molecule has 1 aromatic heterocycles. The zero-order valence-electron chi connectivity index (χ0n) is 21.0. The number of carbonyl (C=O) groups excluding carboxylic acids is 2. The van der Waals surface area contributed by atoms with Crippen LogP contribution in [0.2, 0.25) is 0 Å². The quantitative estimate of drug-likeness (QED) is 0.259. The van der Waals surface area contributed by atoms with Crippen molar-refractivity contribution in [3.8, 4) is 11.8 Å². The van der Waals surface area contributed by atoms with Gasteiger partial charge in [0, 0.05) is 47.0 Å². The highest BCUT2D eigenvalue weighted by molar-refractivity contribution is 7.99. The van der Waals surface area contributed by atoms with E-state index in [2.05, 4.69) is 16.4 Å². The summed E-state index contributed by atoms with van der Waals surface area (Å²) in [5.41, 5.74) is 1.79. The number of para-hydroxylation sites is 1. The molecule has 3 aromatic rings. The molecule has 2 aromatic carbocycles. The van der Waals surface area contributed by atoms with Crippen molar-refractivity contribution in [3.05, 3.63) is 70.2 Å². The molecule has 37 heavy (non-hydrogen) atoms. The minimum absolute atomic E-state index is 0.0278. The number of thiazole rings is 1. The second kappa shape index (κ2) is 12.7. The zero-order valence-corrected chi connectivity index (χ0v) is 22.6. The summed E-state index contributed by atoms with van der Waals surface area (Å²) in [4.78, 5) is 33.3. The average molecular weight is 535 g/mol. The molecule has 1 saturated heterocycles. The number of amides is 2. The van der Waals surface area contributed by atoms with Crippen molar-refractivity contribution in [2.45, 2.75) is 50.0 Å². The van der Waals surface area contributed by atoms with E-state index in [1.807, 2.05) is 67.3 Å². The maximum Gasteiger partial charge on any atom is 0.275 e. The monoisotopic (exact) mass is 534 g/mol. The van der Waals surface area contributed by atoms with Crippen LogP contribution in [-0.2, 0) is 0 Å². The van der Waals surface area contributed by atoms with E-state index in [0.29, 0.717) is 36.5 Å². The third-order valence-electron chi connectivity index (χ3n) is 5.97. The van der Waals surface area contributed by atoms with Gasteiger partial charge < -0.3 is 15.0 Å². The van der Waals surface area contributed by atoms with Crippen molar-refractivity contribution < 1.29 is 14.3 Å². The average Bonchev–Trinajstić information content (AvgIpc) is 3.40. The van der Waals surface area contributed by atoms with Crippen LogP contribution in [0.15, 0.2) is 58.8 Å². The number of aromatic nitrogens is 1. The van der Waals surface area contributed by atoms with Crippen molar-refractivity contribution in [2.75, 3.05) is 24.2 Å². The Bertz CT molecular complexity index is 1260. The molecule has 2 heterocycles. The first-order chi connectivity index (χ1) is 17.9. The predicted octanol–water partition coefficient (Wildman–Crippen LogP) is 6.21. The molecule has 4 rings (SSSR count). The second-order valence-corrected chi connectivity index (χ2v) is 11.1. The molecule has 1 aliphatic rings. The predicted molar refractivity (Wildman–Crippen MR) is 148 cm³/mol. The first kappa shape index (κ1) is 26.7. The van der Waals surface area contributed by atoms with E-state index in [-0.39, 0.29) is 23.8 Å². The number of nitrogens with one attached hydrogen (secondary N) is 1. The molecular weight excluding hydrogens is 504 g/mol. The van der Waals surface area contributed by atoms with Crippen LogP contribution < -0.4 is 10.1 Å². The lowest BCUT2D eigenvalue weighted by molar-refractivity contribution is 0.0713. The molecule has 0 atom stereocenters. The van der Waals surface area contributed by atoms with Gasteiger partial charge in [0.1, 0.15) is 11.4 Å². The highest BCUT2D eigenvalue weighted by atomic mass is 32.2. The van der Waals surface area contributed by atoms with Gasteiger partial charge in [0.2, 0.25) is 0 Å². The van der Waals surface area contributed by atoms with Gasteiger partial charge in [-0.05, 0) is 63.1 Å². The molecule has 1 fully saturated rings. The smallest absolute Gasteiger partial charge is 0.275 e. The van der Waals surface area contributed by atoms with Crippen molar-refractivity contribution in [1.29, 1.82) is 5.26 Å². The first-order valence-electron chi connectivity index (χ1n) is 12.4. The summed E-state index contributed by atoms with van der Waals surface area (Å²) in [5.74, 6) is 1.44. The fourth-order valence-corrected chi connectivity index (χ4v) is 5.96. The number of rotatable bonds is 9. The second-order valence-electron chi connectivity index (χ2n) is 9.04. The summed E-state index contributed by atoms with van der Waals surface area (Å²) in [5, 5.41) is 14.5. The SMILES string of the molecule is CC(C)Oc1ccc(C(=O)N2CCC(c3nc(C(=O)Nc4ccccc4SCCC#N)cs3)CC2)cc1. The molecule has 0 bridgehead atoms. The molecule has 7 nitrogen and oxygen atoms in total. The maximum atomic E-state index is 13.0. The van der Waals surface area contributed by atoms with E-state index in [0.717, 1.165) is 34.2 Å². The highest BCUT2D eigenvalue weighted by Crippen LogP contribution is 2.32. The third-order valence-corrected chi connectivity index (χ3v) is 8.05. The molecule has 1 aliphatic heterocycles. The van der Waals surface area contributed by atoms with Crippen molar-refractivity contribution in [1.82, 2.24) is 9.88 Å². The molecule has 0 unspecified atom stereocenters. The molecule has 1 N–H and O–H groups in total.